The number of imidazole rings is 1. The van der Waals surface area contributed by atoms with Crippen molar-refractivity contribution in [2.75, 3.05) is 13.6 Å². The Morgan fingerprint density at radius 1 is 1.44 bits per heavy atom. The summed E-state index contributed by atoms with van der Waals surface area (Å²) < 4.78 is 2.05. The van der Waals surface area contributed by atoms with Crippen LogP contribution in [0.25, 0.3) is 5.65 Å². The van der Waals surface area contributed by atoms with E-state index in [-0.39, 0.29) is 0 Å². The molecule has 0 amide bonds. The lowest BCUT2D eigenvalue weighted by molar-refractivity contribution is 0.184. The van der Waals surface area contributed by atoms with Gasteiger partial charge in [0.05, 0.1) is 5.69 Å². The second-order valence-corrected chi connectivity index (χ2v) is 5.61. The first-order valence-corrected chi connectivity index (χ1v) is 6.93. The Labute approximate surface area is 112 Å². The molecule has 0 aromatic carbocycles. The van der Waals surface area contributed by atoms with E-state index in [0.717, 1.165) is 22.8 Å². The number of hydrogen-bond donors (Lipinski definition) is 0. The Balaban J connectivity index is 1.81. The minimum absolute atomic E-state index is 0.638. The number of hydrogen-bond acceptors (Lipinski definition) is 2. The van der Waals surface area contributed by atoms with E-state index in [1.165, 1.54) is 25.8 Å². The van der Waals surface area contributed by atoms with Gasteiger partial charge in [0.25, 0.3) is 0 Å². The molecule has 1 aliphatic rings. The first kappa shape index (κ1) is 12.0. The number of pyridine rings is 1. The summed E-state index contributed by atoms with van der Waals surface area (Å²) in [6, 6.07) is 4.45. The van der Waals surface area contributed by atoms with E-state index in [2.05, 4.69) is 23.1 Å². The second-order valence-electron chi connectivity index (χ2n) is 5.18. The van der Waals surface area contributed by atoms with Gasteiger partial charge in [-0.15, -0.1) is 0 Å². The van der Waals surface area contributed by atoms with E-state index in [0.29, 0.717) is 6.04 Å². The van der Waals surface area contributed by atoms with E-state index in [1.807, 2.05) is 22.7 Å². The zero-order valence-electron chi connectivity index (χ0n) is 10.6. The highest BCUT2D eigenvalue weighted by atomic mass is 35.5. The normalized spacial score (nSPS) is 21.6. The quantitative estimate of drug-likeness (QED) is 0.830. The molecule has 1 atom stereocenters. The molecule has 0 spiro atoms. The van der Waals surface area contributed by atoms with Crippen LogP contribution in [-0.4, -0.2) is 33.9 Å². The van der Waals surface area contributed by atoms with Gasteiger partial charge in [-0.05, 0) is 38.6 Å². The lowest BCUT2D eigenvalue weighted by atomic mass is 9.99. The van der Waals surface area contributed by atoms with Gasteiger partial charge in [0.15, 0.2) is 0 Å². The van der Waals surface area contributed by atoms with Crippen LogP contribution in [0.1, 0.15) is 25.0 Å². The highest BCUT2D eigenvalue weighted by Gasteiger charge is 2.20. The third-order valence-corrected chi connectivity index (χ3v) is 4.07. The van der Waals surface area contributed by atoms with Crippen molar-refractivity contribution in [2.24, 2.45) is 0 Å². The topological polar surface area (TPSA) is 20.5 Å². The summed E-state index contributed by atoms with van der Waals surface area (Å²) in [5.41, 5.74) is 2.10. The summed E-state index contributed by atoms with van der Waals surface area (Å²) in [6.07, 6.45) is 9.08. The molecule has 0 saturated carbocycles. The molecule has 3 heterocycles. The fourth-order valence-corrected chi connectivity index (χ4v) is 2.91. The molecule has 0 N–H and O–H groups in total. The summed E-state index contributed by atoms with van der Waals surface area (Å²) in [4.78, 5) is 7.11. The average Bonchev–Trinajstić information content (AvgIpc) is 2.73. The Morgan fingerprint density at radius 3 is 3.17 bits per heavy atom. The smallest absolute Gasteiger partial charge is 0.138 e. The summed E-state index contributed by atoms with van der Waals surface area (Å²) in [5, 5.41) is 0.745. The molecule has 2 aromatic heterocycles. The van der Waals surface area contributed by atoms with Crippen molar-refractivity contribution in [1.82, 2.24) is 14.3 Å². The van der Waals surface area contributed by atoms with Gasteiger partial charge in [0, 0.05) is 29.9 Å². The van der Waals surface area contributed by atoms with Gasteiger partial charge in [-0.1, -0.05) is 18.0 Å². The first-order chi connectivity index (χ1) is 8.72. The molecule has 2 aromatic rings. The predicted octanol–water partition coefficient (Wildman–Crippen LogP) is 3.01. The van der Waals surface area contributed by atoms with Crippen molar-refractivity contribution >= 4 is 17.2 Å². The lowest BCUT2D eigenvalue weighted by Crippen LogP contribution is -2.37. The maximum absolute atomic E-state index is 5.98. The van der Waals surface area contributed by atoms with Crippen molar-refractivity contribution in [3.8, 4) is 0 Å². The van der Waals surface area contributed by atoms with Crippen LogP contribution in [0.3, 0.4) is 0 Å². The monoisotopic (exact) mass is 263 g/mol. The van der Waals surface area contributed by atoms with Gasteiger partial charge >= 0.3 is 0 Å². The van der Waals surface area contributed by atoms with Crippen molar-refractivity contribution in [3.63, 3.8) is 0 Å². The minimum Gasteiger partial charge on any atom is -0.307 e. The number of nitrogens with zero attached hydrogens (tertiary/aromatic N) is 3. The highest BCUT2D eigenvalue weighted by Crippen LogP contribution is 2.19. The van der Waals surface area contributed by atoms with Crippen LogP contribution in [-0.2, 0) is 6.42 Å². The number of likely N-dealkylation sites (tertiary alicyclic amines) is 1. The third kappa shape index (κ3) is 2.38. The SMILES string of the molecule is CN1CCCCC1Cc1cn2ccc(Cl)cc2n1. The first-order valence-electron chi connectivity index (χ1n) is 6.56. The average molecular weight is 264 g/mol. The molecular weight excluding hydrogens is 246 g/mol. The number of rotatable bonds is 2. The Morgan fingerprint density at radius 2 is 2.33 bits per heavy atom. The second kappa shape index (κ2) is 4.90. The van der Waals surface area contributed by atoms with Crippen LogP contribution in [0.4, 0.5) is 0 Å². The van der Waals surface area contributed by atoms with Crippen LogP contribution in [0.2, 0.25) is 5.02 Å². The van der Waals surface area contributed by atoms with E-state index in [4.69, 9.17) is 11.6 Å². The fraction of sp³-hybridized carbons (Fsp3) is 0.500. The van der Waals surface area contributed by atoms with Crippen molar-refractivity contribution in [3.05, 3.63) is 35.2 Å². The zero-order chi connectivity index (χ0) is 12.5. The molecule has 18 heavy (non-hydrogen) atoms. The van der Waals surface area contributed by atoms with Crippen LogP contribution >= 0.6 is 11.6 Å². The summed E-state index contributed by atoms with van der Waals surface area (Å²) in [7, 11) is 2.22. The molecule has 1 saturated heterocycles. The standard InChI is InChI=1S/C14H18ClN3/c1-17-6-3-2-4-13(17)9-12-10-18-7-5-11(15)8-14(18)16-12/h5,7-8,10,13H,2-4,6,9H2,1H3. The predicted molar refractivity (Wildman–Crippen MR) is 74.2 cm³/mol. The number of likely N-dealkylation sites (N-methyl/N-ethyl adjacent to an activating group) is 1. The van der Waals surface area contributed by atoms with Gasteiger partial charge in [-0.25, -0.2) is 4.98 Å². The van der Waals surface area contributed by atoms with Crippen LogP contribution in [0, 0.1) is 0 Å². The van der Waals surface area contributed by atoms with Gasteiger partial charge < -0.3 is 9.30 Å². The molecule has 3 nitrogen and oxygen atoms in total. The molecule has 1 aliphatic heterocycles. The summed E-state index contributed by atoms with van der Waals surface area (Å²) in [6.45, 7) is 1.21. The largest absolute Gasteiger partial charge is 0.307 e. The Bertz CT molecular complexity index is 549. The fourth-order valence-electron chi connectivity index (χ4n) is 2.75. The molecule has 0 bridgehead atoms. The van der Waals surface area contributed by atoms with Crippen molar-refractivity contribution in [1.29, 1.82) is 0 Å². The molecule has 1 unspecified atom stereocenters. The van der Waals surface area contributed by atoms with Gasteiger partial charge in [-0.3, -0.25) is 0 Å². The molecule has 0 radical (unpaired) electrons. The van der Waals surface area contributed by atoms with E-state index >= 15 is 0 Å². The van der Waals surface area contributed by atoms with Crippen molar-refractivity contribution < 1.29 is 0 Å². The summed E-state index contributed by atoms with van der Waals surface area (Å²) >= 11 is 5.98. The molecule has 4 heteroatoms. The zero-order valence-corrected chi connectivity index (χ0v) is 11.4. The minimum atomic E-state index is 0.638. The molecule has 3 rings (SSSR count). The van der Waals surface area contributed by atoms with Gasteiger partial charge in [0.2, 0.25) is 0 Å². The molecule has 96 valence electrons. The van der Waals surface area contributed by atoms with E-state index in [9.17, 15) is 0 Å². The van der Waals surface area contributed by atoms with Crippen LogP contribution in [0.5, 0.6) is 0 Å². The Kier molecular flexibility index (Phi) is 3.27. The number of aromatic nitrogens is 2. The van der Waals surface area contributed by atoms with Crippen LogP contribution < -0.4 is 0 Å². The number of fused-ring (bicyclic) bond motifs is 1. The number of piperidine rings is 1. The maximum Gasteiger partial charge on any atom is 0.138 e. The highest BCUT2D eigenvalue weighted by molar-refractivity contribution is 6.30. The number of halogens is 1. The maximum atomic E-state index is 5.98. The van der Waals surface area contributed by atoms with E-state index < -0.39 is 0 Å². The van der Waals surface area contributed by atoms with Gasteiger partial charge in [-0.2, -0.15) is 0 Å². The third-order valence-electron chi connectivity index (χ3n) is 3.84. The van der Waals surface area contributed by atoms with Crippen LogP contribution in [0.15, 0.2) is 24.5 Å². The van der Waals surface area contributed by atoms with E-state index in [1.54, 1.807) is 0 Å². The lowest BCUT2D eigenvalue weighted by Gasteiger charge is -2.31. The molecular formula is C14H18ClN3. The van der Waals surface area contributed by atoms with Crippen molar-refractivity contribution in [2.45, 2.75) is 31.7 Å². The molecule has 0 aliphatic carbocycles. The Hall–Kier alpha value is -1.06. The molecule has 1 fully saturated rings. The van der Waals surface area contributed by atoms with Gasteiger partial charge in [0.1, 0.15) is 5.65 Å². The summed E-state index contributed by atoms with van der Waals surface area (Å²) in [5.74, 6) is 0.